The number of fused-ring (bicyclic) bond motifs is 1. The van der Waals surface area contributed by atoms with Crippen molar-refractivity contribution in [2.75, 3.05) is 7.11 Å². The van der Waals surface area contributed by atoms with Gasteiger partial charge in [-0.05, 0) is 43.9 Å². The molecule has 0 bridgehead atoms. The van der Waals surface area contributed by atoms with Crippen LogP contribution in [0.2, 0.25) is 0 Å². The predicted molar refractivity (Wildman–Crippen MR) is 82.0 cm³/mol. The van der Waals surface area contributed by atoms with Crippen LogP contribution in [0.25, 0.3) is 11.0 Å². The van der Waals surface area contributed by atoms with Gasteiger partial charge in [-0.1, -0.05) is 6.92 Å². The van der Waals surface area contributed by atoms with Crippen molar-refractivity contribution in [3.05, 3.63) is 29.6 Å². The molecule has 1 saturated carbocycles. The van der Waals surface area contributed by atoms with Crippen molar-refractivity contribution in [3.8, 4) is 6.07 Å². The average Bonchev–Trinajstić information content (AvgIpc) is 2.80. The maximum absolute atomic E-state index is 9.04. The van der Waals surface area contributed by atoms with E-state index < -0.39 is 0 Å². The molecule has 0 saturated heterocycles. The zero-order valence-corrected chi connectivity index (χ0v) is 12.7. The number of nitriles is 1. The highest BCUT2D eigenvalue weighted by atomic mass is 16.5. The number of benzene rings is 1. The Morgan fingerprint density at radius 1 is 1.43 bits per heavy atom. The van der Waals surface area contributed by atoms with Crippen LogP contribution in [0, 0.1) is 11.3 Å². The van der Waals surface area contributed by atoms with Crippen molar-refractivity contribution in [3.63, 3.8) is 0 Å². The smallest absolute Gasteiger partial charge is 0.112 e. The molecule has 0 aliphatic heterocycles. The van der Waals surface area contributed by atoms with Crippen molar-refractivity contribution in [2.45, 2.75) is 51.2 Å². The van der Waals surface area contributed by atoms with E-state index in [1.54, 1.807) is 7.11 Å². The number of hydrogen-bond acceptors (Lipinski definition) is 3. The molecule has 1 aromatic heterocycles. The van der Waals surface area contributed by atoms with E-state index in [0.717, 1.165) is 49.1 Å². The molecule has 110 valence electrons. The van der Waals surface area contributed by atoms with Crippen molar-refractivity contribution in [1.82, 2.24) is 9.55 Å². The van der Waals surface area contributed by atoms with Gasteiger partial charge in [0.15, 0.2) is 0 Å². The van der Waals surface area contributed by atoms with Crippen molar-refractivity contribution < 1.29 is 4.74 Å². The highest BCUT2D eigenvalue weighted by Crippen LogP contribution is 2.38. The minimum Gasteiger partial charge on any atom is -0.378 e. The van der Waals surface area contributed by atoms with Gasteiger partial charge in [-0.2, -0.15) is 5.26 Å². The molecule has 0 unspecified atom stereocenters. The molecule has 0 atom stereocenters. The van der Waals surface area contributed by atoms with E-state index in [2.05, 4.69) is 17.6 Å². The van der Waals surface area contributed by atoms with E-state index in [1.807, 2.05) is 18.2 Å². The van der Waals surface area contributed by atoms with Crippen LogP contribution in [0.5, 0.6) is 0 Å². The van der Waals surface area contributed by atoms with Crippen LogP contribution in [-0.4, -0.2) is 22.3 Å². The second-order valence-corrected chi connectivity index (χ2v) is 5.91. The largest absolute Gasteiger partial charge is 0.378 e. The predicted octanol–water partition coefficient (Wildman–Crippen LogP) is 3.43. The van der Waals surface area contributed by atoms with E-state index in [9.17, 15) is 0 Å². The normalized spacial score (nSPS) is 16.6. The maximum Gasteiger partial charge on any atom is 0.112 e. The molecular formula is C17H21N3O. The fourth-order valence-electron chi connectivity index (χ4n) is 3.17. The van der Waals surface area contributed by atoms with Gasteiger partial charge >= 0.3 is 0 Å². The lowest BCUT2D eigenvalue weighted by molar-refractivity contribution is -0.0725. The standard InChI is InChI=1S/C17H21N3O/c1-3-9-20-15-6-5-13(12-18)10-14(15)19-16(20)11-17(21-2)7-4-8-17/h5-6,10H,3-4,7-9,11H2,1-2H3. The summed E-state index contributed by atoms with van der Waals surface area (Å²) in [5.41, 5.74) is 2.69. The molecule has 1 aromatic carbocycles. The molecule has 1 aliphatic rings. The van der Waals surface area contributed by atoms with E-state index in [-0.39, 0.29) is 5.60 Å². The lowest BCUT2D eigenvalue weighted by atomic mass is 9.77. The van der Waals surface area contributed by atoms with Crippen molar-refractivity contribution in [1.29, 1.82) is 5.26 Å². The van der Waals surface area contributed by atoms with Crippen LogP contribution in [0.1, 0.15) is 44.0 Å². The molecule has 21 heavy (non-hydrogen) atoms. The minimum atomic E-state index is -0.0229. The number of ether oxygens (including phenoxy) is 1. The van der Waals surface area contributed by atoms with Crippen LogP contribution in [0.4, 0.5) is 0 Å². The summed E-state index contributed by atoms with van der Waals surface area (Å²) in [6, 6.07) is 7.95. The molecule has 1 heterocycles. The number of methoxy groups -OCH3 is 1. The molecule has 1 aliphatic carbocycles. The Balaban J connectivity index is 2.04. The summed E-state index contributed by atoms with van der Waals surface area (Å²) in [5, 5.41) is 9.04. The topological polar surface area (TPSA) is 50.8 Å². The Kier molecular flexibility index (Phi) is 3.69. The Hall–Kier alpha value is -1.86. The summed E-state index contributed by atoms with van der Waals surface area (Å²) in [6.45, 7) is 3.13. The second kappa shape index (κ2) is 5.50. The SMILES string of the molecule is CCCn1c(CC2(OC)CCC2)nc2cc(C#N)ccc21. The van der Waals surface area contributed by atoms with Gasteiger partial charge in [0, 0.05) is 20.1 Å². The summed E-state index contributed by atoms with van der Waals surface area (Å²) in [7, 11) is 1.81. The van der Waals surface area contributed by atoms with E-state index in [1.165, 1.54) is 6.42 Å². The zero-order chi connectivity index (χ0) is 14.9. The number of imidazole rings is 1. The highest BCUT2D eigenvalue weighted by molar-refractivity contribution is 5.77. The molecule has 0 radical (unpaired) electrons. The first kappa shape index (κ1) is 14.1. The number of nitrogens with zero attached hydrogens (tertiary/aromatic N) is 3. The summed E-state index contributed by atoms with van der Waals surface area (Å²) < 4.78 is 8.03. The molecular weight excluding hydrogens is 262 g/mol. The van der Waals surface area contributed by atoms with Crippen LogP contribution >= 0.6 is 0 Å². The maximum atomic E-state index is 9.04. The molecule has 3 rings (SSSR count). The Morgan fingerprint density at radius 2 is 2.24 bits per heavy atom. The number of aromatic nitrogens is 2. The highest BCUT2D eigenvalue weighted by Gasteiger charge is 2.38. The first-order chi connectivity index (χ1) is 10.2. The van der Waals surface area contributed by atoms with E-state index in [0.29, 0.717) is 5.56 Å². The van der Waals surface area contributed by atoms with Gasteiger partial charge in [0.1, 0.15) is 5.82 Å². The first-order valence-corrected chi connectivity index (χ1v) is 7.66. The van der Waals surface area contributed by atoms with Crippen LogP contribution in [0.3, 0.4) is 0 Å². The van der Waals surface area contributed by atoms with E-state index in [4.69, 9.17) is 15.0 Å². The Labute approximate surface area is 125 Å². The van der Waals surface area contributed by atoms with Gasteiger partial charge in [-0.3, -0.25) is 0 Å². The monoisotopic (exact) mass is 283 g/mol. The number of aryl methyl sites for hydroxylation is 1. The number of rotatable bonds is 5. The van der Waals surface area contributed by atoms with Gasteiger partial charge in [-0.25, -0.2) is 4.98 Å². The molecule has 0 N–H and O–H groups in total. The molecule has 2 aromatic rings. The molecule has 0 amide bonds. The quantitative estimate of drug-likeness (QED) is 0.844. The first-order valence-electron chi connectivity index (χ1n) is 7.66. The summed E-state index contributed by atoms with van der Waals surface area (Å²) in [6.07, 6.45) is 5.39. The van der Waals surface area contributed by atoms with Crippen molar-refractivity contribution >= 4 is 11.0 Å². The van der Waals surface area contributed by atoms with Crippen LogP contribution < -0.4 is 0 Å². The number of hydrogen-bond donors (Lipinski definition) is 0. The van der Waals surface area contributed by atoms with Gasteiger partial charge < -0.3 is 9.30 Å². The van der Waals surface area contributed by atoms with Crippen LogP contribution in [-0.2, 0) is 17.7 Å². The molecule has 4 heteroatoms. The minimum absolute atomic E-state index is 0.0229. The molecule has 4 nitrogen and oxygen atoms in total. The van der Waals surface area contributed by atoms with Gasteiger partial charge in [0.25, 0.3) is 0 Å². The van der Waals surface area contributed by atoms with Crippen molar-refractivity contribution in [2.24, 2.45) is 0 Å². The second-order valence-electron chi connectivity index (χ2n) is 5.91. The molecule has 1 fully saturated rings. The Bertz CT molecular complexity index is 686. The van der Waals surface area contributed by atoms with Crippen LogP contribution in [0.15, 0.2) is 18.2 Å². The fourth-order valence-corrected chi connectivity index (χ4v) is 3.17. The summed E-state index contributed by atoms with van der Waals surface area (Å²) >= 11 is 0. The molecule has 0 spiro atoms. The third-order valence-corrected chi connectivity index (χ3v) is 4.58. The summed E-state index contributed by atoms with van der Waals surface area (Å²) in [5.74, 6) is 1.09. The van der Waals surface area contributed by atoms with Gasteiger partial charge in [0.05, 0.1) is 28.3 Å². The third-order valence-electron chi connectivity index (χ3n) is 4.58. The fraction of sp³-hybridized carbons (Fsp3) is 0.529. The zero-order valence-electron chi connectivity index (χ0n) is 12.7. The van der Waals surface area contributed by atoms with Gasteiger partial charge in [0.2, 0.25) is 0 Å². The van der Waals surface area contributed by atoms with Gasteiger partial charge in [-0.15, -0.1) is 0 Å². The third kappa shape index (κ3) is 2.43. The average molecular weight is 283 g/mol. The Morgan fingerprint density at radius 3 is 2.81 bits per heavy atom. The lowest BCUT2D eigenvalue weighted by Crippen LogP contribution is -2.42. The summed E-state index contributed by atoms with van der Waals surface area (Å²) in [4.78, 5) is 4.79. The lowest BCUT2D eigenvalue weighted by Gasteiger charge is -2.40. The van der Waals surface area contributed by atoms with E-state index >= 15 is 0 Å².